The summed E-state index contributed by atoms with van der Waals surface area (Å²) in [5, 5.41) is 11.1. The van der Waals surface area contributed by atoms with Crippen LogP contribution in [0.15, 0.2) is 42.5 Å². The molecule has 0 amide bonds. The lowest BCUT2D eigenvalue weighted by molar-refractivity contribution is -0.137. The second-order valence-corrected chi connectivity index (χ2v) is 4.71. The van der Waals surface area contributed by atoms with Gasteiger partial charge in [0.05, 0.1) is 0 Å². The van der Waals surface area contributed by atoms with Crippen LogP contribution in [0, 0.1) is 6.92 Å². The highest BCUT2D eigenvalue weighted by Gasteiger charge is 2.00. The van der Waals surface area contributed by atoms with E-state index in [1.54, 1.807) is 0 Å². The van der Waals surface area contributed by atoms with Gasteiger partial charge in [0.2, 0.25) is 0 Å². The fourth-order valence-corrected chi connectivity index (χ4v) is 2.28. The molecule has 2 aromatic carbocycles. The number of carboxylic acid groups (broad SMARTS) is 1. The highest BCUT2D eigenvalue weighted by molar-refractivity contribution is 5.93. The van der Waals surface area contributed by atoms with Gasteiger partial charge in [0, 0.05) is 6.42 Å². The summed E-state index contributed by atoms with van der Waals surface area (Å²) in [6.07, 6.45) is 5.88. The van der Waals surface area contributed by atoms with Crippen LogP contribution in [-0.4, -0.2) is 11.1 Å². The van der Waals surface area contributed by atoms with Gasteiger partial charge in [-0.3, -0.25) is 4.79 Å². The lowest BCUT2D eigenvalue weighted by Crippen LogP contribution is -1.92. The fraction of sp³-hybridized carbons (Fsp3) is 0.235. The van der Waals surface area contributed by atoms with Gasteiger partial charge in [0.15, 0.2) is 0 Å². The van der Waals surface area contributed by atoms with Crippen molar-refractivity contribution >= 4 is 22.8 Å². The Kier molecular flexibility index (Phi) is 4.35. The molecule has 2 rings (SSSR count). The number of unbranched alkanes of at least 4 members (excludes halogenated alkanes) is 1. The third-order valence-electron chi connectivity index (χ3n) is 3.20. The maximum atomic E-state index is 10.4. The van der Waals surface area contributed by atoms with Gasteiger partial charge in [-0.1, -0.05) is 48.6 Å². The monoisotopic (exact) mass is 254 g/mol. The molecule has 1 N–H and O–H groups in total. The molecule has 0 aliphatic rings. The summed E-state index contributed by atoms with van der Waals surface area (Å²) in [6, 6.07) is 12.6. The quantitative estimate of drug-likeness (QED) is 0.802. The zero-order chi connectivity index (χ0) is 13.7. The van der Waals surface area contributed by atoms with Gasteiger partial charge in [0.25, 0.3) is 0 Å². The molecule has 0 bridgehead atoms. The number of hydrogen-bond acceptors (Lipinski definition) is 1. The summed E-state index contributed by atoms with van der Waals surface area (Å²) in [6.45, 7) is 2.12. The Morgan fingerprint density at radius 3 is 2.68 bits per heavy atom. The molecule has 0 fully saturated rings. The van der Waals surface area contributed by atoms with Crippen molar-refractivity contribution < 1.29 is 9.90 Å². The van der Waals surface area contributed by atoms with E-state index in [1.807, 2.05) is 0 Å². The van der Waals surface area contributed by atoms with Crippen molar-refractivity contribution in [1.29, 1.82) is 0 Å². The summed E-state index contributed by atoms with van der Waals surface area (Å²) < 4.78 is 0. The van der Waals surface area contributed by atoms with E-state index >= 15 is 0 Å². The Morgan fingerprint density at radius 1 is 1.21 bits per heavy atom. The van der Waals surface area contributed by atoms with Crippen LogP contribution in [0.3, 0.4) is 0 Å². The van der Waals surface area contributed by atoms with E-state index in [0.717, 1.165) is 6.42 Å². The summed E-state index contributed by atoms with van der Waals surface area (Å²) >= 11 is 0. The lowest BCUT2D eigenvalue weighted by Gasteiger charge is -2.05. The first kappa shape index (κ1) is 13.3. The van der Waals surface area contributed by atoms with Crippen LogP contribution < -0.4 is 0 Å². The second kappa shape index (κ2) is 6.19. The molecular weight excluding hydrogens is 236 g/mol. The van der Waals surface area contributed by atoms with Crippen molar-refractivity contribution in [3.63, 3.8) is 0 Å². The van der Waals surface area contributed by atoms with E-state index in [-0.39, 0.29) is 6.42 Å². The summed E-state index contributed by atoms with van der Waals surface area (Å²) in [5.74, 6) is -0.727. The largest absolute Gasteiger partial charge is 0.481 e. The zero-order valence-corrected chi connectivity index (χ0v) is 11.1. The van der Waals surface area contributed by atoms with E-state index in [1.165, 1.54) is 21.9 Å². The molecule has 98 valence electrons. The summed E-state index contributed by atoms with van der Waals surface area (Å²) in [5.41, 5.74) is 2.47. The van der Waals surface area contributed by atoms with Gasteiger partial charge in [-0.25, -0.2) is 0 Å². The first-order chi connectivity index (χ1) is 9.18. The van der Waals surface area contributed by atoms with Gasteiger partial charge in [0.1, 0.15) is 0 Å². The number of carboxylic acids is 1. The van der Waals surface area contributed by atoms with Gasteiger partial charge in [-0.2, -0.15) is 0 Å². The predicted molar refractivity (Wildman–Crippen MR) is 79.2 cm³/mol. The van der Waals surface area contributed by atoms with Crippen LogP contribution in [0.2, 0.25) is 0 Å². The maximum absolute atomic E-state index is 10.4. The Morgan fingerprint density at radius 2 is 1.95 bits per heavy atom. The Balaban J connectivity index is 2.16. The Labute approximate surface area is 113 Å². The molecule has 0 spiro atoms. The number of carbonyl (C=O) groups is 1. The number of benzene rings is 2. The highest BCUT2D eigenvalue weighted by atomic mass is 16.4. The van der Waals surface area contributed by atoms with Crippen molar-refractivity contribution in [2.24, 2.45) is 0 Å². The highest BCUT2D eigenvalue weighted by Crippen LogP contribution is 2.23. The van der Waals surface area contributed by atoms with Crippen LogP contribution in [0.1, 0.15) is 30.4 Å². The van der Waals surface area contributed by atoms with Crippen LogP contribution in [0.25, 0.3) is 16.8 Å². The molecule has 2 aromatic rings. The van der Waals surface area contributed by atoms with Gasteiger partial charge in [-0.05, 0) is 41.7 Å². The van der Waals surface area contributed by atoms with Crippen LogP contribution in [-0.2, 0) is 4.79 Å². The Bertz CT molecular complexity index is 606. The fourth-order valence-electron chi connectivity index (χ4n) is 2.28. The SMILES string of the molecule is Cc1cccc2cccc(C=CCCCC(=O)O)c12. The normalized spacial score (nSPS) is 11.2. The molecule has 2 heteroatoms. The minimum atomic E-state index is -0.727. The molecule has 2 nitrogen and oxygen atoms in total. The van der Waals surface area contributed by atoms with Crippen molar-refractivity contribution in [1.82, 2.24) is 0 Å². The Hall–Kier alpha value is -2.09. The molecule has 0 aliphatic carbocycles. The van der Waals surface area contributed by atoms with E-state index in [2.05, 4.69) is 55.5 Å². The molecule has 0 aliphatic heterocycles. The number of aliphatic carboxylic acids is 1. The third-order valence-corrected chi connectivity index (χ3v) is 3.20. The third kappa shape index (κ3) is 3.44. The smallest absolute Gasteiger partial charge is 0.303 e. The van der Waals surface area contributed by atoms with E-state index < -0.39 is 5.97 Å². The number of hydrogen-bond donors (Lipinski definition) is 1. The predicted octanol–water partition coefficient (Wildman–Crippen LogP) is 4.42. The average molecular weight is 254 g/mol. The van der Waals surface area contributed by atoms with E-state index in [0.29, 0.717) is 6.42 Å². The molecule has 0 unspecified atom stereocenters. The number of rotatable bonds is 5. The number of fused-ring (bicyclic) bond motifs is 1. The minimum Gasteiger partial charge on any atom is -0.481 e. The van der Waals surface area contributed by atoms with Gasteiger partial charge >= 0.3 is 5.97 Å². The molecule has 0 aromatic heterocycles. The first-order valence-corrected chi connectivity index (χ1v) is 6.55. The first-order valence-electron chi connectivity index (χ1n) is 6.55. The van der Waals surface area contributed by atoms with Crippen LogP contribution >= 0.6 is 0 Å². The lowest BCUT2D eigenvalue weighted by atomic mass is 9.99. The molecule has 0 atom stereocenters. The van der Waals surface area contributed by atoms with Crippen molar-refractivity contribution in [3.8, 4) is 0 Å². The van der Waals surface area contributed by atoms with Gasteiger partial charge in [-0.15, -0.1) is 0 Å². The molecule has 19 heavy (non-hydrogen) atoms. The van der Waals surface area contributed by atoms with Crippen LogP contribution in [0.4, 0.5) is 0 Å². The summed E-state index contributed by atoms with van der Waals surface area (Å²) in [4.78, 5) is 10.4. The van der Waals surface area contributed by atoms with Crippen molar-refractivity contribution in [2.75, 3.05) is 0 Å². The van der Waals surface area contributed by atoms with E-state index in [9.17, 15) is 4.79 Å². The zero-order valence-electron chi connectivity index (χ0n) is 11.1. The topological polar surface area (TPSA) is 37.3 Å². The van der Waals surface area contributed by atoms with Crippen molar-refractivity contribution in [3.05, 3.63) is 53.6 Å². The molecule has 0 saturated heterocycles. The molecule has 0 radical (unpaired) electrons. The summed E-state index contributed by atoms with van der Waals surface area (Å²) in [7, 11) is 0. The van der Waals surface area contributed by atoms with E-state index in [4.69, 9.17) is 5.11 Å². The molecule has 0 heterocycles. The number of allylic oxidation sites excluding steroid dienone is 1. The maximum Gasteiger partial charge on any atom is 0.303 e. The average Bonchev–Trinajstić information content (AvgIpc) is 2.38. The minimum absolute atomic E-state index is 0.235. The second-order valence-electron chi connectivity index (χ2n) is 4.71. The molecule has 0 saturated carbocycles. The number of aryl methyl sites for hydroxylation is 1. The standard InChI is InChI=1S/C17H18O2/c1-13-7-5-9-15-11-6-10-14(17(13)15)8-3-2-4-12-16(18)19/h3,5-11H,2,4,12H2,1H3,(H,18,19). The van der Waals surface area contributed by atoms with Crippen LogP contribution in [0.5, 0.6) is 0 Å². The van der Waals surface area contributed by atoms with Crippen molar-refractivity contribution in [2.45, 2.75) is 26.2 Å². The van der Waals surface area contributed by atoms with Gasteiger partial charge < -0.3 is 5.11 Å². The molecular formula is C17H18O2.